The second-order valence-corrected chi connectivity index (χ2v) is 3.43. The lowest BCUT2D eigenvalue weighted by Gasteiger charge is -2.17. The summed E-state index contributed by atoms with van der Waals surface area (Å²) in [6.45, 7) is 0. The van der Waals surface area contributed by atoms with Crippen molar-refractivity contribution in [1.82, 2.24) is 0 Å². The third-order valence-electron chi connectivity index (χ3n) is 1.93. The van der Waals surface area contributed by atoms with Gasteiger partial charge in [0.25, 0.3) is 0 Å². The summed E-state index contributed by atoms with van der Waals surface area (Å²) in [7, 11) is 2.68. The van der Waals surface area contributed by atoms with Crippen LogP contribution in [-0.4, -0.2) is 35.3 Å². The molecule has 0 saturated heterocycles. The minimum absolute atomic E-state index is 0.208. The number of ether oxygens (including phenoxy) is 2. The summed E-state index contributed by atoms with van der Waals surface area (Å²) < 4.78 is 20.2. The molecule has 0 fully saturated rings. The fraction of sp³-hybridized carbons (Fsp3) is 0.333. The second kappa shape index (κ2) is 4.90. The van der Waals surface area contributed by atoms with Crippen LogP contribution >= 0.6 is 0 Å². The van der Waals surface area contributed by atoms with Crippen LogP contribution in [0.5, 0.6) is 0 Å². The molecule has 1 aliphatic carbocycles. The fourth-order valence-electron chi connectivity index (χ4n) is 1.17. The average Bonchev–Trinajstić information content (AvgIpc) is 2.27. The van der Waals surface area contributed by atoms with E-state index in [0.717, 1.165) is 0 Å². The number of rotatable bonds is 2. The smallest absolute Gasteiger partial charge is 0.341 e. The van der Waals surface area contributed by atoms with Crippen LogP contribution in [0.2, 0.25) is 0 Å². The second-order valence-electron chi connectivity index (χ2n) is 2.80. The Morgan fingerprint density at radius 1 is 1.53 bits per heavy atom. The molecule has 0 amide bonds. The van der Waals surface area contributed by atoms with Crippen molar-refractivity contribution in [3.8, 4) is 0 Å². The van der Waals surface area contributed by atoms with Gasteiger partial charge in [-0.2, -0.15) is 0 Å². The Morgan fingerprint density at radius 3 is 2.67 bits per heavy atom. The molecule has 82 valence electrons. The first-order chi connectivity index (χ1) is 7.13. The first-order valence-corrected chi connectivity index (χ1v) is 4.86. The highest BCUT2D eigenvalue weighted by Gasteiger charge is 2.24. The van der Waals surface area contributed by atoms with Gasteiger partial charge in [0, 0.05) is 0 Å². The van der Waals surface area contributed by atoms with Crippen molar-refractivity contribution in [2.45, 2.75) is 6.04 Å². The zero-order chi connectivity index (χ0) is 11.4. The Hall–Kier alpha value is -1.40. The molecule has 0 aromatic heterocycles. The summed E-state index contributed by atoms with van der Waals surface area (Å²) >= 11 is 0.255. The lowest BCUT2D eigenvalue weighted by molar-refractivity contribution is -0.136. The maximum absolute atomic E-state index is 11.3. The van der Waals surface area contributed by atoms with Crippen molar-refractivity contribution >= 4 is 22.1 Å². The molecule has 2 N–H and O–H groups in total. The van der Waals surface area contributed by atoms with Crippen LogP contribution in [0, 0.1) is 0 Å². The largest absolute Gasteiger partial charge is 0.496 e. The minimum atomic E-state index is -0.554. The zero-order valence-corrected chi connectivity index (χ0v) is 9.17. The van der Waals surface area contributed by atoms with E-state index < -0.39 is 12.0 Å². The predicted octanol–water partition coefficient (Wildman–Crippen LogP) is -0.658. The van der Waals surface area contributed by atoms with Crippen molar-refractivity contribution in [2.24, 2.45) is 5.73 Å². The van der Waals surface area contributed by atoms with E-state index in [-0.39, 0.29) is 16.8 Å². The van der Waals surface area contributed by atoms with Gasteiger partial charge in [0.15, 0.2) is 0 Å². The van der Waals surface area contributed by atoms with E-state index in [4.69, 9.17) is 10.5 Å². The van der Waals surface area contributed by atoms with Gasteiger partial charge in [-0.3, -0.25) is 0 Å². The van der Waals surface area contributed by atoms with Gasteiger partial charge in [0.2, 0.25) is 0 Å². The van der Waals surface area contributed by atoms with Crippen molar-refractivity contribution in [3.63, 3.8) is 0 Å². The van der Waals surface area contributed by atoms with Crippen LogP contribution in [0.4, 0.5) is 0 Å². The van der Waals surface area contributed by atoms with Crippen LogP contribution in [0.3, 0.4) is 0 Å². The van der Waals surface area contributed by atoms with Crippen molar-refractivity contribution in [3.05, 3.63) is 23.5 Å². The molecular formula is C9H11NO4S. The molecule has 0 aromatic carbocycles. The molecule has 1 aliphatic rings. The highest BCUT2D eigenvalue weighted by molar-refractivity contribution is 7.67. The average molecular weight is 229 g/mol. The monoisotopic (exact) mass is 229 g/mol. The van der Waals surface area contributed by atoms with Crippen LogP contribution in [0.25, 0.3) is 0 Å². The third kappa shape index (κ3) is 2.34. The molecule has 1 unspecified atom stereocenters. The van der Waals surface area contributed by atoms with Crippen LogP contribution in [0.15, 0.2) is 23.5 Å². The minimum Gasteiger partial charge on any atom is -0.496 e. The van der Waals surface area contributed by atoms with Gasteiger partial charge >= 0.3 is 5.97 Å². The summed E-state index contributed by atoms with van der Waals surface area (Å²) in [5.41, 5.74) is 5.86. The molecule has 6 heteroatoms. The topological polar surface area (TPSA) is 78.6 Å². The molecular weight excluding hydrogens is 218 g/mol. The molecule has 0 heterocycles. The van der Waals surface area contributed by atoms with Gasteiger partial charge in [-0.1, -0.05) is 0 Å². The summed E-state index contributed by atoms with van der Waals surface area (Å²) in [6.07, 6.45) is 2.90. The van der Waals surface area contributed by atoms with E-state index in [0.29, 0.717) is 10.6 Å². The van der Waals surface area contributed by atoms with Crippen molar-refractivity contribution in [2.75, 3.05) is 14.2 Å². The lowest BCUT2D eigenvalue weighted by atomic mass is 10.0. The summed E-state index contributed by atoms with van der Waals surface area (Å²) in [5.74, 6) is -0.228. The number of carbonyl (C=O) groups is 1. The Kier molecular flexibility index (Phi) is 3.81. The predicted molar refractivity (Wildman–Crippen MR) is 56.3 cm³/mol. The number of hydrogen-bond donors (Lipinski definition) is 1. The third-order valence-corrected chi connectivity index (χ3v) is 2.52. The summed E-state index contributed by atoms with van der Waals surface area (Å²) in [4.78, 5) is 11.7. The standard InChI is InChI=1S/C9H11NO4S/c1-13-7-4-6(10)8(15-12)3-5(7)9(11)14-2/h3-4,6H,10H2,1-2H3. The molecule has 15 heavy (non-hydrogen) atoms. The SMILES string of the molecule is COC(=O)C1=CC(=S=O)C(N)C=C1OC. The summed E-state index contributed by atoms with van der Waals surface area (Å²) in [6, 6.07) is -0.532. The number of hydrogen-bond acceptors (Lipinski definition) is 5. The highest BCUT2D eigenvalue weighted by Crippen LogP contribution is 2.18. The molecule has 0 aliphatic heterocycles. The number of nitrogens with two attached hydrogens (primary N) is 1. The van der Waals surface area contributed by atoms with Crippen molar-refractivity contribution in [1.29, 1.82) is 0 Å². The Morgan fingerprint density at radius 2 is 2.20 bits per heavy atom. The Balaban J connectivity index is 3.16. The quantitative estimate of drug-likeness (QED) is 0.502. The van der Waals surface area contributed by atoms with Gasteiger partial charge < -0.3 is 15.2 Å². The first-order valence-electron chi connectivity index (χ1n) is 4.12. The molecule has 1 rings (SSSR count). The van der Waals surface area contributed by atoms with E-state index in [9.17, 15) is 9.00 Å². The van der Waals surface area contributed by atoms with Gasteiger partial charge in [-0.05, 0) is 12.2 Å². The van der Waals surface area contributed by atoms with E-state index in [1.165, 1.54) is 26.4 Å². The maximum atomic E-state index is 11.3. The molecule has 5 nitrogen and oxygen atoms in total. The molecule has 0 aromatic rings. The number of carbonyl (C=O) groups excluding carboxylic acids is 1. The van der Waals surface area contributed by atoms with Gasteiger partial charge in [-0.25, -0.2) is 9.00 Å². The molecule has 0 spiro atoms. The molecule has 0 radical (unpaired) electrons. The van der Waals surface area contributed by atoms with Gasteiger partial charge in [0.05, 0.1) is 36.4 Å². The Bertz CT molecular complexity index is 393. The van der Waals surface area contributed by atoms with E-state index in [1.54, 1.807) is 0 Å². The van der Waals surface area contributed by atoms with Crippen LogP contribution in [0.1, 0.15) is 0 Å². The zero-order valence-electron chi connectivity index (χ0n) is 8.35. The number of methoxy groups -OCH3 is 2. The fourth-order valence-corrected chi connectivity index (χ4v) is 1.52. The van der Waals surface area contributed by atoms with Crippen molar-refractivity contribution < 1.29 is 18.5 Å². The highest BCUT2D eigenvalue weighted by atomic mass is 32.1. The van der Waals surface area contributed by atoms with E-state index in [2.05, 4.69) is 4.74 Å². The number of esters is 1. The summed E-state index contributed by atoms with van der Waals surface area (Å²) in [5, 5.41) is 0. The molecule has 0 bridgehead atoms. The van der Waals surface area contributed by atoms with Gasteiger partial charge in [0.1, 0.15) is 11.3 Å². The van der Waals surface area contributed by atoms with Crippen LogP contribution < -0.4 is 5.73 Å². The van der Waals surface area contributed by atoms with Crippen LogP contribution in [-0.2, 0) is 25.5 Å². The maximum Gasteiger partial charge on any atom is 0.341 e. The van der Waals surface area contributed by atoms with E-state index in [1.807, 2.05) is 0 Å². The molecule has 0 saturated carbocycles. The first kappa shape index (κ1) is 11.7. The Labute approximate surface area is 90.6 Å². The van der Waals surface area contributed by atoms with Gasteiger partial charge in [-0.15, -0.1) is 0 Å². The normalized spacial score (nSPS) is 20.2. The molecule has 1 atom stereocenters. The lowest BCUT2D eigenvalue weighted by Crippen LogP contribution is -2.32. The van der Waals surface area contributed by atoms with E-state index >= 15 is 0 Å².